The van der Waals surface area contributed by atoms with Crippen LogP contribution in [0, 0.1) is 11.7 Å². The fourth-order valence-electron chi connectivity index (χ4n) is 2.63. The molecule has 0 fully saturated rings. The molecule has 27 heavy (non-hydrogen) atoms. The third-order valence-electron chi connectivity index (χ3n) is 4.10. The molecule has 6 nitrogen and oxygen atoms in total. The second kappa shape index (κ2) is 8.26. The van der Waals surface area contributed by atoms with Gasteiger partial charge < -0.3 is 9.47 Å². The van der Waals surface area contributed by atoms with Crippen LogP contribution in [-0.4, -0.2) is 24.5 Å². The van der Waals surface area contributed by atoms with Gasteiger partial charge in [0.05, 0.1) is 5.92 Å². The van der Waals surface area contributed by atoms with E-state index in [2.05, 4.69) is 10.9 Å². The number of halogens is 2. The predicted molar refractivity (Wildman–Crippen MR) is 96.9 cm³/mol. The number of benzene rings is 2. The van der Waals surface area contributed by atoms with Crippen molar-refractivity contribution in [3.05, 3.63) is 58.9 Å². The maximum atomic E-state index is 12.9. The fraction of sp³-hybridized carbons (Fsp3) is 0.263. The molecule has 2 N–H and O–H groups in total. The molecule has 0 aromatic heterocycles. The molecule has 0 aliphatic carbocycles. The molecule has 2 atom stereocenters. The van der Waals surface area contributed by atoms with E-state index in [0.29, 0.717) is 22.9 Å². The van der Waals surface area contributed by atoms with E-state index < -0.39 is 23.7 Å². The van der Waals surface area contributed by atoms with Crippen LogP contribution in [0.1, 0.15) is 12.5 Å². The zero-order chi connectivity index (χ0) is 19.4. The predicted octanol–water partition coefficient (Wildman–Crippen LogP) is 2.65. The first-order chi connectivity index (χ1) is 12.9. The summed E-state index contributed by atoms with van der Waals surface area (Å²) in [6.07, 6.45) is -0.419. The molecule has 2 amide bonds. The maximum Gasteiger partial charge on any atom is 0.279 e. The number of ether oxygens (including phenoxy) is 2. The number of hydrogen-bond donors (Lipinski definition) is 2. The SMILES string of the molecule is C[C@H](Oc1ccc(F)cc1)C(=O)NNC(=O)[C@H]1COc2ccc(Cl)cc2C1. The summed E-state index contributed by atoms with van der Waals surface area (Å²) in [7, 11) is 0. The van der Waals surface area contributed by atoms with Crippen molar-refractivity contribution in [2.45, 2.75) is 19.4 Å². The van der Waals surface area contributed by atoms with E-state index in [1.165, 1.54) is 31.2 Å². The molecule has 2 aromatic carbocycles. The number of carbonyl (C=O) groups is 2. The van der Waals surface area contributed by atoms with Crippen molar-refractivity contribution in [3.63, 3.8) is 0 Å². The summed E-state index contributed by atoms with van der Waals surface area (Å²) >= 11 is 5.97. The van der Waals surface area contributed by atoms with Crippen molar-refractivity contribution in [1.82, 2.24) is 10.9 Å². The van der Waals surface area contributed by atoms with Gasteiger partial charge in [0.15, 0.2) is 6.10 Å². The highest BCUT2D eigenvalue weighted by Crippen LogP contribution is 2.29. The van der Waals surface area contributed by atoms with Gasteiger partial charge in [-0.3, -0.25) is 20.4 Å². The smallest absolute Gasteiger partial charge is 0.279 e. The van der Waals surface area contributed by atoms with E-state index in [9.17, 15) is 14.0 Å². The molecule has 0 saturated heterocycles. The minimum atomic E-state index is -0.877. The molecule has 1 aliphatic rings. The number of fused-ring (bicyclic) bond motifs is 1. The molecule has 8 heteroatoms. The Morgan fingerprint density at radius 3 is 2.70 bits per heavy atom. The van der Waals surface area contributed by atoms with Gasteiger partial charge in [0, 0.05) is 5.02 Å². The van der Waals surface area contributed by atoms with Gasteiger partial charge in [-0.05, 0) is 61.4 Å². The van der Waals surface area contributed by atoms with E-state index in [1.807, 2.05) is 0 Å². The molecular formula is C19H18ClFN2O4. The average molecular weight is 393 g/mol. The molecule has 0 bridgehead atoms. The number of nitrogens with one attached hydrogen (secondary N) is 2. The van der Waals surface area contributed by atoms with Gasteiger partial charge >= 0.3 is 0 Å². The third kappa shape index (κ3) is 4.89. The maximum absolute atomic E-state index is 12.9. The fourth-order valence-corrected chi connectivity index (χ4v) is 2.82. The monoisotopic (exact) mass is 392 g/mol. The molecule has 2 aromatic rings. The minimum Gasteiger partial charge on any atom is -0.492 e. The van der Waals surface area contributed by atoms with Crippen LogP contribution >= 0.6 is 11.6 Å². The van der Waals surface area contributed by atoms with Gasteiger partial charge in [0.2, 0.25) is 5.91 Å². The van der Waals surface area contributed by atoms with E-state index in [-0.39, 0.29) is 12.5 Å². The highest BCUT2D eigenvalue weighted by molar-refractivity contribution is 6.30. The van der Waals surface area contributed by atoms with Crippen molar-refractivity contribution in [3.8, 4) is 11.5 Å². The molecule has 1 aliphatic heterocycles. The summed E-state index contributed by atoms with van der Waals surface area (Å²) in [5.41, 5.74) is 5.55. The number of carbonyl (C=O) groups excluding carboxylic acids is 2. The van der Waals surface area contributed by atoms with E-state index >= 15 is 0 Å². The summed E-state index contributed by atoms with van der Waals surface area (Å²) in [5, 5.41) is 0.568. The van der Waals surface area contributed by atoms with Gasteiger partial charge in [0.1, 0.15) is 23.9 Å². The number of rotatable bonds is 4. The highest BCUT2D eigenvalue weighted by Gasteiger charge is 2.27. The Kier molecular flexibility index (Phi) is 5.81. The summed E-state index contributed by atoms with van der Waals surface area (Å²) in [6.45, 7) is 1.73. The minimum absolute atomic E-state index is 0.206. The van der Waals surface area contributed by atoms with Crippen molar-refractivity contribution in [1.29, 1.82) is 0 Å². The lowest BCUT2D eigenvalue weighted by Crippen LogP contribution is -2.50. The van der Waals surface area contributed by atoms with Crippen LogP contribution in [0.2, 0.25) is 5.02 Å². The highest BCUT2D eigenvalue weighted by atomic mass is 35.5. The summed E-state index contributed by atoms with van der Waals surface area (Å²) in [5.74, 6) is -0.710. The van der Waals surface area contributed by atoms with Gasteiger partial charge in [-0.25, -0.2) is 4.39 Å². The van der Waals surface area contributed by atoms with Gasteiger partial charge in [-0.1, -0.05) is 11.6 Å². The van der Waals surface area contributed by atoms with Gasteiger partial charge in [-0.2, -0.15) is 0 Å². The zero-order valence-electron chi connectivity index (χ0n) is 14.5. The lowest BCUT2D eigenvalue weighted by atomic mass is 9.96. The summed E-state index contributed by atoms with van der Waals surface area (Å²) in [4.78, 5) is 24.4. The Labute approximate surface area is 160 Å². The standard InChI is InChI=1S/C19H18ClFN2O4/c1-11(27-16-5-3-15(21)4-6-16)18(24)22-23-19(25)13-8-12-9-14(20)2-7-17(12)26-10-13/h2-7,9,11,13H,8,10H2,1H3,(H,22,24)(H,23,25)/t11-,13+/m0/s1. The molecule has 0 saturated carbocycles. The second-order valence-electron chi connectivity index (χ2n) is 6.16. The first kappa shape index (κ1) is 19.0. The summed E-state index contributed by atoms with van der Waals surface area (Å²) in [6, 6.07) is 10.5. The Bertz CT molecular complexity index is 844. The van der Waals surface area contributed by atoms with E-state index in [0.717, 1.165) is 5.56 Å². The molecular weight excluding hydrogens is 375 g/mol. The van der Waals surface area contributed by atoms with Gasteiger partial charge in [-0.15, -0.1) is 0 Å². The van der Waals surface area contributed by atoms with Crippen LogP contribution in [0.5, 0.6) is 11.5 Å². The Hall–Kier alpha value is -2.80. The van der Waals surface area contributed by atoms with Crippen LogP contribution in [0.15, 0.2) is 42.5 Å². The first-order valence-corrected chi connectivity index (χ1v) is 8.73. The van der Waals surface area contributed by atoms with Crippen molar-refractivity contribution >= 4 is 23.4 Å². The topological polar surface area (TPSA) is 76.7 Å². The van der Waals surface area contributed by atoms with E-state index in [4.69, 9.17) is 21.1 Å². The largest absolute Gasteiger partial charge is 0.492 e. The van der Waals surface area contributed by atoms with Crippen LogP contribution in [0.4, 0.5) is 4.39 Å². The normalized spacial score (nSPS) is 16.5. The quantitative estimate of drug-likeness (QED) is 0.784. The lowest BCUT2D eigenvalue weighted by molar-refractivity contribution is -0.134. The summed E-state index contributed by atoms with van der Waals surface area (Å²) < 4.78 is 23.9. The molecule has 0 unspecified atom stereocenters. The van der Waals surface area contributed by atoms with Crippen LogP contribution in [-0.2, 0) is 16.0 Å². The Morgan fingerprint density at radius 1 is 1.22 bits per heavy atom. The van der Waals surface area contributed by atoms with Crippen LogP contribution < -0.4 is 20.3 Å². The number of hydrazine groups is 1. The lowest BCUT2D eigenvalue weighted by Gasteiger charge is -2.25. The Balaban J connectivity index is 1.49. The zero-order valence-corrected chi connectivity index (χ0v) is 15.3. The average Bonchev–Trinajstić information content (AvgIpc) is 2.66. The second-order valence-corrected chi connectivity index (χ2v) is 6.59. The van der Waals surface area contributed by atoms with Crippen LogP contribution in [0.3, 0.4) is 0 Å². The van der Waals surface area contributed by atoms with Crippen LogP contribution in [0.25, 0.3) is 0 Å². The third-order valence-corrected chi connectivity index (χ3v) is 4.34. The van der Waals surface area contributed by atoms with Crippen molar-refractivity contribution in [2.24, 2.45) is 5.92 Å². The molecule has 142 valence electrons. The first-order valence-electron chi connectivity index (χ1n) is 8.35. The van der Waals surface area contributed by atoms with Crippen molar-refractivity contribution in [2.75, 3.05) is 6.61 Å². The molecule has 3 rings (SSSR count). The van der Waals surface area contributed by atoms with E-state index in [1.54, 1.807) is 18.2 Å². The van der Waals surface area contributed by atoms with Crippen molar-refractivity contribution < 1.29 is 23.5 Å². The number of amides is 2. The van der Waals surface area contributed by atoms with Gasteiger partial charge in [0.25, 0.3) is 5.91 Å². The molecule has 0 spiro atoms. The molecule has 1 heterocycles. The Morgan fingerprint density at radius 2 is 1.96 bits per heavy atom. The number of hydrogen-bond acceptors (Lipinski definition) is 4. The molecule has 0 radical (unpaired) electrons.